The van der Waals surface area contributed by atoms with E-state index in [0.717, 1.165) is 0 Å². The predicted octanol–water partition coefficient (Wildman–Crippen LogP) is 3.22. The van der Waals surface area contributed by atoms with E-state index in [0.29, 0.717) is 43.4 Å². The van der Waals surface area contributed by atoms with Gasteiger partial charge in [-0.25, -0.2) is 8.78 Å². The van der Waals surface area contributed by atoms with Gasteiger partial charge in [0.1, 0.15) is 11.6 Å². The van der Waals surface area contributed by atoms with Crippen molar-refractivity contribution in [2.24, 2.45) is 0 Å². The molecule has 2 heterocycles. The van der Waals surface area contributed by atoms with E-state index in [1.54, 1.807) is 36.5 Å². The molecule has 0 unspecified atom stereocenters. The first-order valence-electron chi connectivity index (χ1n) is 8.66. The van der Waals surface area contributed by atoms with E-state index in [4.69, 9.17) is 0 Å². The summed E-state index contributed by atoms with van der Waals surface area (Å²) in [6, 6.07) is 13.1. The number of para-hydroxylation sites is 2. The van der Waals surface area contributed by atoms with E-state index in [1.807, 2.05) is 11.0 Å². The lowest BCUT2D eigenvalue weighted by molar-refractivity contribution is 0.595. The van der Waals surface area contributed by atoms with Gasteiger partial charge < -0.3 is 15.1 Å². The standard InChI is InChI=1S/C19H18F2N6/c20-14-5-1-3-7-16(14)23-19-24-18(13-22-25-19)27-11-9-26(10-12-27)17-8-4-2-6-15(17)21/h1-8,13H,9-12H2,(H,23,24,25). The molecular weight excluding hydrogens is 350 g/mol. The first-order valence-corrected chi connectivity index (χ1v) is 8.66. The second kappa shape index (κ2) is 7.53. The van der Waals surface area contributed by atoms with Crippen LogP contribution in [0.2, 0.25) is 0 Å². The lowest BCUT2D eigenvalue weighted by Crippen LogP contribution is -2.47. The second-order valence-corrected chi connectivity index (χ2v) is 6.17. The molecular formula is C19H18F2N6. The van der Waals surface area contributed by atoms with Gasteiger partial charge in [0.15, 0.2) is 5.82 Å². The summed E-state index contributed by atoms with van der Waals surface area (Å²) >= 11 is 0. The number of halogens is 2. The minimum atomic E-state index is -0.384. The van der Waals surface area contributed by atoms with Crippen LogP contribution in [0.15, 0.2) is 54.7 Å². The number of hydrogen-bond donors (Lipinski definition) is 1. The van der Waals surface area contributed by atoms with Gasteiger partial charge in [-0.05, 0) is 24.3 Å². The highest BCUT2D eigenvalue weighted by atomic mass is 19.1. The fraction of sp³-hybridized carbons (Fsp3) is 0.211. The number of piperazine rings is 1. The quantitative estimate of drug-likeness (QED) is 0.763. The smallest absolute Gasteiger partial charge is 0.249 e. The van der Waals surface area contributed by atoms with E-state index in [1.165, 1.54) is 12.1 Å². The lowest BCUT2D eigenvalue weighted by Gasteiger charge is -2.36. The van der Waals surface area contributed by atoms with Crippen molar-refractivity contribution in [1.82, 2.24) is 15.2 Å². The summed E-state index contributed by atoms with van der Waals surface area (Å²) in [7, 11) is 0. The molecule has 1 aliphatic heterocycles. The average molecular weight is 368 g/mol. The van der Waals surface area contributed by atoms with Crippen LogP contribution in [-0.4, -0.2) is 41.4 Å². The molecule has 0 aliphatic carbocycles. The van der Waals surface area contributed by atoms with Crippen molar-refractivity contribution in [2.45, 2.75) is 0 Å². The summed E-state index contributed by atoms with van der Waals surface area (Å²) in [6.45, 7) is 2.68. The Balaban J connectivity index is 1.44. The SMILES string of the molecule is Fc1ccccc1Nc1nncc(N2CCN(c3ccccc3F)CC2)n1. The molecule has 1 N–H and O–H groups in total. The predicted molar refractivity (Wildman–Crippen MR) is 100 cm³/mol. The van der Waals surface area contributed by atoms with Crippen LogP contribution in [0.1, 0.15) is 0 Å². The van der Waals surface area contributed by atoms with Crippen LogP contribution in [-0.2, 0) is 0 Å². The molecule has 138 valence electrons. The molecule has 1 aromatic heterocycles. The zero-order valence-corrected chi connectivity index (χ0v) is 14.5. The van der Waals surface area contributed by atoms with Gasteiger partial charge in [0, 0.05) is 26.2 Å². The summed E-state index contributed by atoms with van der Waals surface area (Å²) in [5.74, 6) is 0.280. The molecule has 4 rings (SSSR count). The van der Waals surface area contributed by atoms with Crippen LogP contribution in [0.4, 0.5) is 31.9 Å². The Kier molecular flexibility index (Phi) is 4.78. The second-order valence-electron chi connectivity index (χ2n) is 6.17. The third kappa shape index (κ3) is 3.79. The number of nitrogens with zero attached hydrogens (tertiary/aromatic N) is 5. The number of rotatable bonds is 4. The summed E-state index contributed by atoms with van der Waals surface area (Å²) < 4.78 is 27.7. The van der Waals surface area contributed by atoms with E-state index in [-0.39, 0.29) is 17.6 Å². The highest BCUT2D eigenvalue weighted by molar-refractivity contribution is 5.55. The maximum atomic E-state index is 14.0. The topological polar surface area (TPSA) is 57.2 Å². The van der Waals surface area contributed by atoms with Crippen molar-refractivity contribution in [3.8, 4) is 0 Å². The van der Waals surface area contributed by atoms with Gasteiger partial charge in [-0.2, -0.15) is 10.1 Å². The molecule has 0 atom stereocenters. The molecule has 6 nitrogen and oxygen atoms in total. The Labute approximate surface area is 155 Å². The Bertz CT molecular complexity index is 927. The average Bonchev–Trinajstić information content (AvgIpc) is 2.71. The number of aromatic nitrogens is 3. The van der Waals surface area contributed by atoms with E-state index in [2.05, 4.69) is 25.4 Å². The van der Waals surface area contributed by atoms with Crippen LogP contribution >= 0.6 is 0 Å². The molecule has 27 heavy (non-hydrogen) atoms. The Morgan fingerprint density at radius 3 is 2.22 bits per heavy atom. The first kappa shape index (κ1) is 17.1. The normalized spacial score (nSPS) is 14.3. The first-order chi connectivity index (χ1) is 13.2. The van der Waals surface area contributed by atoms with E-state index >= 15 is 0 Å². The summed E-state index contributed by atoms with van der Waals surface area (Å²) in [5, 5.41) is 10.7. The van der Waals surface area contributed by atoms with Gasteiger partial charge in [-0.3, -0.25) is 0 Å². The molecule has 1 aliphatic rings. The number of anilines is 4. The third-order valence-corrected chi connectivity index (χ3v) is 4.46. The summed E-state index contributed by atoms with van der Waals surface area (Å²) in [4.78, 5) is 8.50. The van der Waals surface area contributed by atoms with Gasteiger partial charge in [-0.15, -0.1) is 5.10 Å². The minimum Gasteiger partial charge on any atom is -0.366 e. The van der Waals surface area contributed by atoms with Crippen LogP contribution in [0, 0.1) is 11.6 Å². The number of hydrogen-bond acceptors (Lipinski definition) is 6. The zero-order valence-electron chi connectivity index (χ0n) is 14.5. The van der Waals surface area contributed by atoms with Crippen molar-refractivity contribution in [3.63, 3.8) is 0 Å². The molecule has 0 radical (unpaired) electrons. The monoisotopic (exact) mass is 368 g/mol. The van der Waals surface area contributed by atoms with E-state index < -0.39 is 0 Å². The summed E-state index contributed by atoms with van der Waals surface area (Å²) in [6.07, 6.45) is 1.57. The van der Waals surface area contributed by atoms with Crippen molar-refractivity contribution < 1.29 is 8.78 Å². The number of benzene rings is 2. The zero-order chi connectivity index (χ0) is 18.6. The van der Waals surface area contributed by atoms with Gasteiger partial charge in [0.05, 0.1) is 17.6 Å². The van der Waals surface area contributed by atoms with Crippen LogP contribution in [0.3, 0.4) is 0 Å². The van der Waals surface area contributed by atoms with E-state index in [9.17, 15) is 8.78 Å². The Morgan fingerprint density at radius 2 is 1.48 bits per heavy atom. The molecule has 0 saturated carbocycles. The van der Waals surface area contributed by atoms with Crippen molar-refractivity contribution >= 4 is 23.1 Å². The third-order valence-electron chi connectivity index (χ3n) is 4.46. The summed E-state index contributed by atoms with van der Waals surface area (Å²) in [5.41, 5.74) is 0.903. The Hall–Kier alpha value is -3.29. The highest BCUT2D eigenvalue weighted by Gasteiger charge is 2.21. The van der Waals surface area contributed by atoms with Crippen molar-refractivity contribution in [3.05, 3.63) is 66.4 Å². The fourth-order valence-corrected chi connectivity index (χ4v) is 3.07. The molecule has 0 spiro atoms. The van der Waals surface area contributed by atoms with Gasteiger partial charge in [0.2, 0.25) is 5.95 Å². The largest absolute Gasteiger partial charge is 0.366 e. The van der Waals surface area contributed by atoms with Gasteiger partial charge in [-0.1, -0.05) is 24.3 Å². The molecule has 1 saturated heterocycles. The molecule has 8 heteroatoms. The maximum Gasteiger partial charge on any atom is 0.249 e. The van der Waals surface area contributed by atoms with Crippen LogP contribution in [0.5, 0.6) is 0 Å². The molecule has 0 amide bonds. The van der Waals surface area contributed by atoms with Gasteiger partial charge in [0.25, 0.3) is 0 Å². The molecule has 0 bridgehead atoms. The fourth-order valence-electron chi connectivity index (χ4n) is 3.07. The lowest BCUT2D eigenvalue weighted by atomic mass is 10.2. The minimum absolute atomic E-state index is 0.217. The molecule has 1 fully saturated rings. The van der Waals surface area contributed by atoms with Crippen LogP contribution in [0.25, 0.3) is 0 Å². The highest BCUT2D eigenvalue weighted by Crippen LogP contribution is 2.23. The van der Waals surface area contributed by atoms with Crippen molar-refractivity contribution in [2.75, 3.05) is 41.3 Å². The number of nitrogens with one attached hydrogen (secondary N) is 1. The molecule has 2 aromatic carbocycles. The Morgan fingerprint density at radius 1 is 0.815 bits per heavy atom. The van der Waals surface area contributed by atoms with Gasteiger partial charge >= 0.3 is 0 Å². The maximum absolute atomic E-state index is 14.0. The van der Waals surface area contributed by atoms with Crippen molar-refractivity contribution in [1.29, 1.82) is 0 Å². The van der Waals surface area contributed by atoms with Crippen LogP contribution < -0.4 is 15.1 Å². The molecule has 3 aromatic rings.